The van der Waals surface area contributed by atoms with E-state index in [1.54, 1.807) is 25.1 Å². The van der Waals surface area contributed by atoms with E-state index >= 15 is 0 Å². The minimum Gasteiger partial charge on any atom is -0.229 e. The van der Waals surface area contributed by atoms with Gasteiger partial charge >= 0.3 is 0 Å². The molecule has 0 saturated heterocycles. The molecule has 0 unspecified atom stereocenters. The maximum atomic E-state index is 12.5. The van der Waals surface area contributed by atoms with Gasteiger partial charge in [-0.05, 0) is 24.6 Å². The number of aryl methyl sites for hydroxylation is 1. The molecule has 2 rings (SSSR count). The summed E-state index contributed by atoms with van der Waals surface area (Å²) in [6.07, 6.45) is 0. The zero-order valence-electron chi connectivity index (χ0n) is 11.1. The molecule has 0 aliphatic rings. The molecule has 2 aromatic rings. The van der Waals surface area contributed by atoms with E-state index < -0.39 is 10.0 Å². The van der Waals surface area contributed by atoms with Crippen LogP contribution >= 0.6 is 46.1 Å². The van der Waals surface area contributed by atoms with Crippen LogP contribution < -0.4 is 0 Å². The molecule has 0 N–H and O–H groups in total. The third-order valence-electron chi connectivity index (χ3n) is 2.76. The minimum absolute atomic E-state index is 0.148. The summed E-state index contributed by atoms with van der Waals surface area (Å²) >= 11 is 18.5. The van der Waals surface area contributed by atoms with E-state index in [0.29, 0.717) is 15.7 Å². The van der Waals surface area contributed by atoms with Crippen LogP contribution in [-0.4, -0.2) is 24.8 Å². The van der Waals surface area contributed by atoms with Gasteiger partial charge < -0.3 is 0 Å². The maximum absolute atomic E-state index is 12.5. The van der Waals surface area contributed by atoms with E-state index in [2.05, 4.69) is 4.98 Å². The van der Waals surface area contributed by atoms with Crippen LogP contribution in [0.4, 0.5) is 0 Å². The lowest BCUT2D eigenvalue weighted by molar-refractivity contribution is 0.468. The minimum atomic E-state index is -3.64. The Morgan fingerprint density at radius 1 is 1.24 bits per heavy atom. The topological polar surface area (TPSA) is 50.3 Å². The molecule has 1 aromatic heterocycles. The van der Waals surface area contributed by atoms with Crippen molar-refractivity contribution >= 4 is 56.2 Å². The molecule has 1 heterocycles. The number of hydrogen-bond donors (Lipinski definition) is 0. The van der Waals surface area contributed by atoms with Crippen molar-refractivity contribution in [3.05, 3.63) is 44.0 Å². The molecule has 0 amide bonds. The number of nitrogens with zero attached hydrogens (tertiary/aromatic N) is 2. The van der Waals surface area contributed by atoms with Crippen LogP contribution in [0.3, 0.4) is 0 Å². The second-order valence-electron chi connectivity index (χ2n) is 4.35. The molecule has 1 aromatic carbocycles. The van der Waals surface area contributed by atoms with E-state index in [1.165, 1.54) is 11.4 Å². The van der Waals surface area contributed by atoms with Crippen LogP contribution in [0.1, 0.15) is 11.3 Å². The van der Waals surface area contributed by atoms with E-state index in [0.717, 1.165) is 16.9 Å². The van der Waals surface area contributed by atoms with Crippen molar-refractivity contribution in [3.8, 4) is 0 Å². The van der Waals surface area contributed by atoms with Crippen molar-refractivity contribution < 1.29 is 8.42 Å². The average molecular weight is 386 g/mol. The number of sulfonamides is 1. The van der Waals surface area contributed by atoms with Crippen molar-refractivity contribution in [3.63, 3.8) is 0 Å². The maximum Gasteiger partial charge on any atom is 0.254 e. The van der Waals surface area contributed by atoms with Crippen LogP contribution in [0.2, 0.25) is 14.5 Å². The Hall–Kier alpha value is -0.370. The Labute approximate surface area is 142 Å². The highest BCUT2D eigenvalue weighted by atomic mass is 35.5. The molecule has 114 valence electrons. The average Bonchev–Trinajstić information content (AvgIpc) is 2.73. The Morgan fingerprint density at radius 2 is 1.90 bits per heavy atom. The van der Waals surface area contributed by atoms with E-state index in [-0.39, 0.29) is 15.2 Å². The SMILES string of the molecule is Cc1nc(Cl)sc1S(=O)(=O)N(C)Cc1ccc(Cl)c(Cl)c1. The van der Waals surface area contributed by atoms with Gasteiger partial charge in [-0.15, -0.1) is 0 Å². The monoisotopic (exact) mass is 384 g/mol. The number of aromatic nitrogens is 1. The lowest BCUT2D eigenvalue weighted by atomic mass is 10.2. The first-order valence-electron chi connectivity index (χ1n) is 5.75. The summed E-state index contributed by atoms with van der Waals surface area (Å²) in [6, 6.07) is 5.00. The molecule has 0 aliphatic carbocycles. The number of benzene rings is 1. The number of halogens is 3. The summed E-state index contributed by atoms with van der Waals surface area (Å²) in [5, 5.41) is 0.813. The predicted octanol–water partition coefficient (Wildman–Crippen LogP) is 4.23. The van der Waals surface area contributed by atoms with Gasteiger partial charge in [0.2, 0.25) is 0 Å². The highest BCUT2D eigenvalue weighted by Crippen LogP contribution is 2.30. The van der Waals surface area contributed by atoms with Crippen LogP contribution in [0.5, 0.6) is 0 Å². The standard InChI is InChI=1S/C12H11Cl3N2O2S2/c1-7-11(20-12(15)16-7)21(18,19)17(2)6-8-3-4-9(13)10(14)5-8/h3-5H,6H2,1-2H3. The number of thiazole rings is 1. The lowest BCUT2D eigenvalue weighted by Gasteiger charge is -2.16. The van der Waals surface area contributed by atoms with Crippen molar-refractivity contribution in [2.45, 2.75) is 17.7 Å². The predicted molar refractivity (Wildman–Crippen MR) is 87.0 cm³/mol. The van der Waals surface area contributed by atoms with Crippen molar-refractivity contribution in [2.24, 2.45) is 0 Å². The van der Waals surface area contributed by atoms with Gasteiger partial charge in [0, 0.05) is 13.6 Å². The molecule has 21 heavy (non-hydrogen) atoms. The van der Waals surface area contributed by atoms with Crippen LogP contribution in [0.25, 0.3) is 0 Å². The smallest absolute Gasteiger partial charge is 0.229 e. The molecule has 0 bridgehead atoms. The zero-order chi connectivity index (χ0) is 15.8. The molecule has 9 heteroatoms. The zero-order valence-corrected chi connectivity index (χ0v) is 15.0. The van der Waals surface area contributed by atoms with Crippen molar-refractivity contribution in [1.29, 1.82) is 0 Å². The molecule has 0 spiro atoms. The van der Waals surface area contributed by atoms with Crippen LogP contribution in [-0.2, 0) is 16.6 Å². The largest absolute Gasteiger partial charge is 0.254 e. The Kier molecular flexibility index (Phi) is 5.18. The third-order valence-corrected chi connectivity index (χ3v) is 7.15. The van der Waals surface area contributed by atoms with Gasteiger partial charge in [-0.1, -0.05) is 52.2 Å². The molecule has 0 fully saturated rings. The fourth-order valence-electron chi connectivity index (χ4n) is 1.71. The summed E-state index contributed by atoms with van der Waals surface area (Å²) in [5.41, 5.74) is 1.13. The molecule has 0 atom stereocenters. The normalized spacial score (nSPS) is 12.1. The molecule has 0 radical (unpaired) electrons. The van der Waals surface area contributed by atoms with Crippen LogP contribution in [0, 0.1) is 6.92 Å². The summed E-state index contributed by atoms with van der Waals surface area (Å²) in [4.78, 5) is 3.93. The van der Waals surface area contributed by atoms with E-state index in [1.807, 2.05) is 0 Å². The summed E-state index contributed by atoms with van der Waals surface area (Å²) < 4.78 is 26.6. The second-order valence-corrected chi connectivity index (χ2v) is 8.98. The fourth-order valence-corrected chi connectivity index (χ4v) is 5.12. The molecular formula is C12H11Cl3N2O2S2. The van der Waals surface area contributed by atoms with Crippen molar-refractivity contribution in [1.82, 2.24) is 9.29 Å². The van der Waals surface area contributed by atoms with Gasteiger partial charge in [-0.25, -0.2) is 13.4 Å². The Bertz CT molecular complexity index is 775. The van der Waals surface area contributed by atoms with Gasteiger partial charge in [0.1, 0.15) is 0 Å². The lowest BCUT2D eigenvalue weighted by Crippen LogP contribution is -2.26. The number of hydrogen-bond acceptors (Lipinski definition) is 4. The third kappa shape index (κ3) is 3.70. The highest BCUT2D eigenvalue weighted by Gasteiger charge is 2.26. The fraction of sp³-hybridized carbons (Fsp3) is 0.250. The Balaban J connectivity index is 2.28. The van der Waals surface area contributed by atoms with Crippen molar-refractivity contribution in [2.75, 3.05) is 7.05 Å². The first-order valence-corrected chi connectivity index (χ1v) is 9.14. The first-order chi connectivity index (χ1) is 9.71. The first kappa shape index (κ1) is 17.0. The summed E-state index contributed by atoms with van der Waals surface area (Å²) in [5.74, 6) is 0. The molecule has 0 aliphatic heterocycles. The second kappa shape index (κ2) is 6.40. The van der Waals surface area contributed by atoms with Gasteiger partial charge in [-0.2, -0.15) is 4.31 Å². The van der Waals surface area contributed by atoms with Crippen LogP contribution in [0.15, 0.2) is 22.4 Å². The Morgan fingerprint density at radius 3 is 2.43 bits per heavy atom. The molecular weight excluding hydrogens is 375 g/mol. The summed E-state index contributed by atoms with van der Waals surface area (Å²) in [6.45, 7) is 1.79. The van der Waals surface area contributed by atoms with E-state index in [4.69, 9.17) is 34.8 Å². The van der Waals surface area contributed by atoms with Gasteiger partial charge in [0.15, 0.2) is 8.68 Å². The van der Waals surface area contributed by atoms with Gasteiger partial charge in [0.05, 0.1) is 15.7 Å². The molecule has 0 saturated carbocycles. The van der Waals surface area contributed by atoms with Gasteiger partial charge in [-0.3, -0.25) is 0 Å². The van der Waals surface area contributed by atoms with E-state index in [9.17, 15) is 8.42 Å². The van der Waals surface area contributed by atoms with Gasteiger partial charge in [0.25, 0.3) is 10.0 Å². The number of rotatable bonds is 4. The highest BCUT2D eigenvalue weighted by molar-refractivity contribution is 7.91. The quantitative estimate of drug-likeness (QED) is 0.791. The summed E-state index contributed by atoms with van der Waals surface area (Å²) in [7, 11) is -2.15. The molecule has 4 nitrogen and oxygen atoms in total.